The highest BCUT2D eigenvalue weighted by Crippen LogP contribution is 2.26. The summed E-state index contributed by atoms with van der Waals surface area (Å²) in [6.45, 7) is 0. The lowest BCUT2D eigenvalue weighted by Gasteiger charge is -2.06. The number of para-hydroxylation sites is 1. The molecule has 0 fully saturated rings. The predicted molar refractivity (Wildman–Crippen MR) is 60.0 cm³/mol. The van der Waals surface area contributed by atoms with Crippen molar-refractivity contribution in [3.05, 3.63) is 41.4 Å². The number of thiazole rings is 1. The Kier molecular flexibility index (Phi) is 3.16. The zero-order valence-electron chi connectivity index (χ0n) is 8.29. The maximum Gasteiger partial charge on any atom is 0.307 e. The molecule has 0 radical (unpaired) electrons. The van der Waals surface area contributed by atoms with Crippen LogP contribution in [0.4, 0.5) is 0 Å². The highest BCUT2D eigenvalue weighted by molar-refractivity contribution is 7.11. The second-order valence-electron chi connectivity index (χ2n) is 3.08. The normalized spacial score (nSPS) is 10.0. The van der Waals surface area contributed by atoms with Gasteiger partial charge in [-0.25, -0.2) is 4.98 Å². The van der Waals surface area contributed by atoms with Gasteiger partial charge in [-0.3, -0.25) is 4.79 Å². The largest absolute Gasteiger partial charge is 0.481 e. The number of ether oxygens (including phenoxy) is 1. The van der Waals surface area contributed by atoms with Crippen molar-refractivity contribution >= 4 is 17.3 Å². The summed E-state index contributed by atoms with van der Waals surface area (Å²) in [5, 5.41) is 11.1. The molecule has 0 unspecified atom stereocenters. The molecular weight excluding hydrogens is 226 g/mol. The quantitative estimate of drug-likeness (QED) is 0.884. The highest BCUT2D eigenvalue weighted by atomic mass is 32.1. The molecule has 0 bridgehead atoms. The first-order valence-corrected chi connectivity index (χ1v) is 5.51. The fraction of sp³-hybridized carbons (Fsp3) is 0.0909. The predicted octanol–water partition coefficient (Wildman–Crippen LogP) is 2.56. The lowest BCUT2D eigenvalue weighted by molar-refractivity contribution is -0.136. The van der Waals surface area contributed by atoms with Crippen molar-refractivity contribution in [1.82, 2.24) is 4.98 Å². The van der Waals surface area contributed by atoms with Gasteiger partial charge in [-0.2, -0.15) is 0 Å². The summed E-state index contributed by atoms with van der Waals surface area (Å²) in [5.41, 5.74) is 0.644. The maximum absolute atomic E-state index is 10.7. The van der Waals surface area contributed by atoms with Gasteiger partial charge in [-0.1, -0.05) is 29.5 Å². The van der Waals surface area contributed by atoms with Crippen LogP contribution in [0.25, 0.3) is 0 Å². The third-order valence-corrected chi connectivity index (χ3v) is 2.57. The molecule has 0 spiro atoms. The monoisotopic (exact) mass is 235 g/mol. The molecule has 1 N–H and O–H groups in total. The molecule has 0 aliphatic carbocycles. The van der Waals surface area contributed by atoms with E-state index in [1.807, 2.05) is 0 Å². The minimum atomic E-state index is -0.879. The molecule has 0 atom stereocenters. The number of carbonyl (C=O) groups is 1. The van der Waals surface area contributed by atoms with Gasteiger partial charge in [0.25, 0.3) is 5.19 Å². The standard InChI is InChI=1S/C11H9NO3S/c13-10(14)7-8-3-1-2-4-9(8)15-11-12-5-6-16-11/h1-6H,7H2,(H,13,14). The summed E-state index contributed by atoms with van der Waals surface area (Å²) in [5.74, 6) is -0.338. The Balaban J connectivity index is 2.22. The summed E-state index contributed by atoms with van der Waals surface area (Å²) >= 11 is 1.36. The van der Waals surface area contributed by atoms with Crippen LogP contribution in [0.1, 0.15) is 5.56 Å². The fourth-order valence-electron chi connectivity index (χ4n) is 1.27. The Bertz CT molecular complexity index is 482. The van der Waals surface area contributed by atoms with Gasteiger partial charge in [0.05, 0.1) is 6.42 Å². The SMILES string of the molecule is O=C(O)Cc1ccccc1Oc1nccs1. The van der Waals surface area contributed by atoms with Crippen LogP contribution in [-0.2, 0) is 11.2 Å². The van der Waals surface area contributed by atoms with Gasteiger partial charge in [0.2, 0.25) is 0 Å². The number of hydrogen-bond acceptors (Lipinski definition) is 4. The summed E-state index contributed by atoms with van der Waals surface area (Å²) in [7, 11) is 0. The molecule has 1 aromatic heterocycles. The van der Waals surface area contributed by atoms with Crippen LogP contribution >= 0.6 is 11.3 Å². The summed E-state index contributed by atoms with van der Waals surface area (Å²) in [6, 6.07) is 7.05. The zero-order valence-corrected chi connectivity index (χ0v) is 9.11. The van der Waals surface area contributed by atoms with E-state index in [2.05, 4.69) is 4.98 Å². The second kappa shape index (κ2) is 4.76. The molecule has 82 valence electrons. The first kappa shape index (κ1) is 10.6. The minimum Gasteiger partial charge on any atom is -0.481 e. The molecular formula is C11H9NO3S. The molecule has 0 aliphatic heterocycles. The van der Waals surface area contributed by atoms with Crippen LogP contribution in [0.15, 0.2) is 35.8 Å². The van der Waals surface area contributed by atoms with E-state index in [0.29, 0.717) is 16.5 Å². The number of carboxylic acid groups (broad SMARTS) is 1. The molecule has 16 heavy (non-hydrogen) atoms. The average molecular weight is 235 g/mol. The lowest BCUT2D eigenvalue weighted by atomic mass is 10.1. The smallest absolute Gasteiger partial charge is 0.307 e. The molecule has 5 heteroatoms. The molecule has 0 amide bonds. The second-order valence-corrected chi connectivity index (χ2v) is 3.94. The number of nitrogens with zero attached hydrogens (tertiary/aromatic N) is 1. The van der Waals surface area contributed by atoms with Crippen LogP contribution in [0.5, 0.6) is 10.9 Å². The van der Waals surface area contributed by atoms with Crippen molar-refractivity contribution in [2.75, 3.05) is 0 Å². The fourth-order valence-corrected chi connectivity index (χ4v) is 1.76. The Labute approximate surface area is 96.1 Å². The van der Waals surface area contributed by atoms with Crippen molar-refractivity contribution in [3.63, 3.8) is 0 Å². The van der Waals surface area contributed by atoms with Crippen molar-refractivity contribution in [2.45, 2.75) is 6.42 Å². The number of benzene rings is 1. The Morgan fingerprint density at radius 1 is 1.44 bits per heavy atom. The van der Waals surface area contributed by atoms with Crippen LogP contribution in [0.2, 0.25) is 0 Å². The first-order valence-electron chi connectivity index (χ1n) is 4.63. The van der Waals surface area contributed by atoms with Gasteiger partial charge in [0.1, 0.15) is 5.75 Å². The van der Waals surface area contributed by atoms with Crippen molar-refractivity contribution in [1.29, 1.82) is 0 Å². The Morgan fingerprint density at radius 2 is 2.25 bits per heavy atom. The van der Waals surface area contributed by atoms with E-state index in [4.69, 9.17) is 9.84 Å². The van der Waals surface area contributed by atoms with Crippen LogP contribution in [0.3, 0.4) is 0 Å². The highest BCUT2D eigenvalue weighted by Gasteiger charge is 2.08. The van der Waals surface area contributed by atoms with E-state index >= 15 is 0 Å². The number of hydrogen-bond donors (Lipinski definition) is 1. The molecule has 1 heterocycles. The van der Waals surface area contributed by atoms with Crippen molar-refractivity contribution in [2.24, 2.45) is 0 Å². The van der Waals surface area contributed by atoms with Gasteiger partial charge in [0.15, 0.2) is 0 Å². The summed E-state index contributed by atoms with van der Waals surface area (Å²) in [4.78, 5) is 14.6. The number of aromatic nitrogens is 1. The molecule has 2 aromatic rings. The van der Waals surface area contributed by atoms with Crippen LogP contribution in [-0.4, -0.2) is 16.1 Å². The van der Waals surface area contributed by atoms with E-state index in [1.165, 1.54) is 11.3 Å². The van der Waals surface area contributed by atoms with E-state index < -0.39 is 5.97 Å². The topological polar surface area (TPSA) is 59.4 Å². The minimum absolute atomic E-state index is 0.0540. The maximum atomic E-state index is 10.7. The van der Waals surface area contributed by atoms with E-state index in [-0.39, 0.29) is 6.42 Å². The van der Waals surface area contributed by atoms with Crippen LogP contribution < -0.4 is 4.74 Å². The Morgan fingerprint density at radius 3 is 2.94 bits per heavy atom. The molecule has 4 nitrogen and oxygen atoms in total. The van der Waals surface area contributed by atoms with Crippen molar-refractivity contribution < 1.29 is 14.6 Å². The van der Waals surface area contributed by atoms with Gasteiger partial charge in [-0.05, 0) is 6.07 Å². The lowest BCUT2D eigenvalue weighted by Crippen LogP contribution is -2.01. The molecule has 0 aliphatic rings. The number of aliphatic carboxylic acids is 1. The van der Waals surface area contributed by atoms with Gasteiger partial charge in [-0.15, -0.1) is 0 Å². The Hall–Kier alpha value is -1.88. The van der Waals surface area contributed by atoms with E-state index in [1.54, 1.807) is 35.8 Å². The number of carboxylic acids is 1. The third kappa shape index (κ3) is 2.58. The van der Waals surface area contributed by atoms with E-state index in [9.17, 15) is 4.79 Å². The molecule has 2 rings (SSSR count). The van der Waals surface area contributed by atoms with Crippen molar-refractivity contribution in [3.8, 4) is 10.9 Å². The average Bonchev–Trinajstić information content (AvgIpc) is 2.73. The summed E-state index contributed by atoms with van der Waals surface area (Å²) < 4.78 is 5.49. The first-order chi connectivity index (χ1) is 7.75. The van der Waals surface area contributed by atoms with Gasteiger partial charge in [0, 0.05) is 17.1 Å². The zero-order chi connectivity index (χ0) is 11.4. The molecule has 1 aromatic carbocycles. The van der Waals surface area contributed by atoms with E-state index in [0.717, 1.165) is 0 Å². The van der Waals surface area contributed by atoms with Gasteiger partial charge < -0.3 is 9.84 Å². The molecule has 0 saturated carbocycles. The van der Waals surface area contributed by atoms with Crippen LogP contribution in [0, 0.1) is 0 Å². The molecule has 0 saturated heterocycles. The van der Waals surface area contributed by atoms with Gasteiger partial charge >= 0.3 is 5.97 Å². The summed E-state index contributed by atoms with van der Waals surface area (Å²) in [6.07, 6.45) is 1.58. The third-order valence-electron chi connectivity index (χ3n) is 1.92. The number of rotatable bonds is 4.